The fraction of sp³-hybridized carbons (Fsp3) is 0.600. The second kappa shape index (κ2) is 6.32. The van der Waals surface area contributed by atoms with Crippen LogP contribution in [0.1, 0.15) is 30.9 Å². The first-order chi connectivity index (χ1) is 8.69. The summed E-state index contributed by atoms with van der Waals surface area (Å²) in [4.78, 5) is 2.47. The predicted molar refractivity (Wildman–Crippen MR) is 74.0 cm³/mol. The fourth-order valence-corrected chi connectivity index (χ4v) is 2.71. The molecule has 2 rings (SSSR count). The number of nitrogens with zero attached hydrogens (tertiary/aromatic N) is 1. The average Bonchev–Trinajstić information content (AvgIpc) is 2.39. The summed E-state index contributed by atoms with van der Waals surface area (Å²) in [7, 11) is 0. The molecule has 3 heteroatoms. The summed E-state index contributed by atoms with van der Waals surface area (Å²) in [6, 6.07) is 8.52. The highest BCUT2D eigenvalue weighted by atomic mass is 16.3. The first-order valence-electron chi connectivity index (χ1n) is 6.87. The number of likely N-dealkylation sites (tertiary alicyclic amines) is 1. The van der Waals surface area contributed by atoms with Gasteiger partial charge in [-0.3, -0.25) is 4.90 Å². The van der Waals surface area contributed by atoms with E-state index in [1.54, 1.807) is 0 Å². The van der Waals surface area contributed by atoms with Crippen molar-refractivity contribution in [3.63, 3.8) is 0 Å². The van der Waals surface area contributed by atoms with Crippen molar-refractivity contribution in [2.75, 3.05) is 13.1 Å². The number of rotatable bonds is 4. The van der Waals surface area contributed by atoms with Crippen molar-refractivity contribution in [1.29, 1.82) is 0 Å². The van der Waals surface area contributed by atoms with Gasteiger partial charge < -0.3 is 10.8 Å². The van der Waals surface area contributed by atoms with Gasteiger partial charge in [0, 0.05) is 13.1 Å². The van der Waals surface area contributed by atoms with Crippen molar-refractivity contribution in [1.82, 2.24) is 4.90 Å². The molecular formula is C15H24N2O. The van der Waals surface area contributed by atoms with Gasteiger partial charge in [0.2, 0.25) is 0 Å². The van der Waals surface area contributed by atoms with Crippen LogP contribution < -0.4 is 5.73 Å². The summed E-state index contributed by atoms with van der Waals surface area (Å²) >= 11 is 0. The van der Waals surface area contributed by atoms with Crippen LogP contribution in [0.25, 0.3) is 0 Å². The number of piperidine rings is 1. The van der Waals surface area contributed by atoms with Crippen LogP contribution in [0.15, 0.2) is 24.3 Å². The normalized spacial score (nSPS) is 19.9. The second-order valence-electron chi connectivity index (χ2n) is 5.38. The molecule has 1 saturated heterocycles. The molecule has 0 bridgehead atoms. The highest BCUT2D eigenvalue weighted by molar-refractivity contribution is 5.23. The van der Waals surface area contributed by atoms with Crippen LogP contribution in [0.2, 0.25) is 0 Å². The summed E-state index contributed by atoms with van der Waals surface area (Å²) in [6.07, 6.45) is 2.05. The lowest BCUT2D eigenvalue weighted by Crippen LogP contribution is -2.36. The van der Waals surface area contributed by atoms with E-state index in [9.17, 15) is 5.11 Å². The molecule has 1 heterocycles. The smallest absolute Gasteiger partial charge is 0.0541 e. The zero-order chi connectivity index (χ0) is 13.0. The highest BCUT2D eigenvalue weighted by Crippen LogP contribution is 2.21. The zero-order valence-electron chi connectivity index (χ0n) is 11.2. The topological polar surface area (TPSA) is 49.5 Å². The van der Waals surface area contributed by atoms with E-state index >= 15 is 0 Å². The minimum Gasteiger partial charge on any atom is -0.393 e. The molecule has 3 N–H and O–H groups in total. The van der Waals surface area contributed by atoms with E-state index in [0.29, 0.717) is 12.5 Å². The Labute approximate surface area is 110 Å². The van der Waals surface area contributed by atoms with Gasteiger partial charge in [0.25, 0.3) is 0 Å². The summed E-state index contributed by atoms with van der Waals surface area (Å²) in [5.74, 6) is 0.483. The molecule has 1 aliphatic heterocycles. The Morgan fingerprint density at radius 3 is 2.61 bits per heavy atom. The van der Waals surface area contributed by atoms with Gasteiger partial charge in [0.05, 0.1) is 6.10 Å². The Hall–Kier alpha value is -0.900. The first kappa shape index (κ1) is 13.5. The second-order valence-corrected chi connectivity index (χ2v) is 5.38. The van der Waals surface area contributed by atoms with Gasteiger partial charge >= 0.3 is 0 Å². The Balaban J connectivity index is 1.87. The first-order valence-corrected chi connectivity index (χ1v) is 6.87. The molecule has 18 heavy (non-hydrogen) atoms. The maximum absolute atomic E-state index is 9.59. The largest absolute Gasteiger partial charge is 0.393 e. The molecule has 0 saturated carbocycles. The molecule has 1 unspecified atom stereocenters. The van der Waals surface area contributed by atoms with Crippen molar-refractivity contribution in [3.8, 4) is 0 Å². The molecular weight excluding hydrogens is 224 g/mol. The maximum atomic E-state index is 9.59. The summed E-state index contributed by atoms with van der Waals surface area (Å²) in [6.45, 7) is 5.69. The number of hydrogen-bond acceptors (Lipinski definition) is 3. The monoisotopic (exact) mass is 248 g/mol. The van der Waals surface area contributed by atoms with Crippen molar-refractivity contribution >= 4 is 0 Å². The van der Waals surface area contributed by atoms with Gasteiger partial charge in [0.1, 0.15) is 0 Å². The molecule has 0 aliphatic carbocycles. The predicted octanol–water partition coefficient (Wildman–Crippen LogP) is 1.74. The quantitative estimate of drug-likeness (QED) is 0.853. The molecule has 1 fully saturated rings. The van der Waals surface area contributed by atoms with Crippen LogP contribution in [0.4, 0.5) is 0 Å². The standard InChI is InChI=1S/C15H24N2O/c1-12(18)15-5-7-17(8-6-15)11-14-4-2-3-13(9-14)10-16/h2-4,9,12,15,18H,5-8,10-11,16H2,1H3. The average molecular weight is 248 g/mol. The summed E-state index contributed by atoms with van der Waals surface area (Å²) < 4.78 is 0. The molecule has 1 atom stereocenters. The SMILES string of the molecule is CC(O)C1CCN(Cc2cccc(CN)c2)CC1. The van der Waals surface area contributed by atoms with Crippen molar-refractivity contribution < 1.29 is 5.11 Å². The number of hydrogen-bond donors (Lipinski definition) is 2. The summed E-state index contributed by atoms with van der Waals surface area (Å²) in [5.41, 5.74) is 8.20. The molecule has 100 valence electrons. The maximum Gasteiger partial charge on any atom is 0.0541 e. The van der Waals surface area contributed by atoms with Gasteiger partial charge in [-0.1, -0.05) is 24.3 Å². The lowest BCUT2D eigenvalue weighted by molar-refractivity contribution is 0.0695. The van der Waals surface area contributed by atoms with Crippen LogP contribution >= 0.6 is 0 Å². The molecule has 3 nitrogen and oxygen atoms in total. The van der Waals surface area contributed by atoms with Crippen molar-refractivity contribution in [2.24, 2.45) is 11.7 Å². The van der Waals surface area contributed by atoms with Gasteiger partial charge in [-0.15, -0.1) is 0 Å². The Morgan fingerprint density at radius 1 is 1.33 bits per heavy atom. The molecule has 0 radical (unpaired) electrons. The van der Waals surface area contributed by atoms with Gasteiger partial charge in [-0.05, 0) is 49.9 Å². The van der Waals surface area contributed by atoms with E-state index in [-0.39, 0.29) is 6.10 Å². The molecule has 1 aliphatic rings. The Morgan fingerprint density at radius 2 is 2.00 bits per heavy atom. The Kier molecular flexibility index (Phi) is 4.75. The van der Waals surface area contributed by atoms with Gasteiger partial charge in [-0.25, -0.2) is 0 Å². The number of nitrogens with two attached hydrogens (primary N) is 1. The van der Waals surface area contributed by atoms with Gasteiger partial charge in [-0.2, -0.15) is 0 Å². The van der Waals surface area contributed by atoms with E-state index in [2.05, 4.69) is 29.2 Å². The summed E-state index contributed by atoms with van der Waals surface area (Å²) in [5, 5.41) is 9.59. The van der Waals surface area contributed by atoms with E-state index in [1.807, 2.05) is 6.92 Å². The number of aliphatic hydroxyl groups is 1. The van der Waals surface area contributed by atoms with E-state index in [4.69, 9.17) is 5.73 Å². The van der Waals surface area contributed by atoms with E-state index in [0.717, 1.165) is 32.5 Å². The lowest BCUT2D eigenvalue weighted by Gasteiger charge is -2.33. The molecule has 0 amide bonds. The minimum atomic E-state index is -0.160. The van der Waals surface area contributed by atoms with E-state index in [1.165, 1.54) is 11.1 Å². The zero-order valence-corrected chi connectivity index (χ0v) is 11.2. The third-order valence-corrected chi connectivity index (χ3v) is 3.95. The molecule has 0 spiro atoms. The Bertz CT molecular complexity index is 371. The molecule has 0 aromatic heterocycles. The fourth-order valence-electron chi connectivity index (χ4n) is 2.71. The third-order valence-electron chi connectivity index (χ3n) is 3.95. The van der Waals surface area contributed by atoms with Crippen LogP contribution in [-0.2, 0) is 13.1 Å². The lowest BCUT2D eigenvalue weighted by atomic mass is 9.92. The number of benzene rings is 1. The molecule has 1 aromatic rings. The van der Waals surface area contributed by atoms with Crippen LogP contribution in [0, 0.1) is 5.92 Å². The number of aliphatic hydroxyl groups excluding tert-OH is 1. The van der Waals surface area contributed by atoms with Crippen LogP contribution in [0.5, 0.6) is 0 Å². The van der Waals surface area contributed by atoms with Crippen molar-refractivity contribution in [2.45, 2.75) is 39.0 Å². The van der Waals surface area contributed by atoms with Crippen LogP contribution in [-0.4, -0.2) is 29.2 Å². The molecule has 1 aromatic carbocycles. The van der Waals surface area contributed by atoms with Gasteiger partial charge in [0.15, 0.2) is 0 Å². The third kappa shape index (κ3) is 3.55. The van der Waals surface area contributed by atoms with Crippen LogP contribution in [0.3, 0.4) is 0 Å². The minimum absolute atomic E-state index is 0.160. The highest BCUT2D eigenvalue weighted by Gasteiger charge is 2.22. The van der Waals surface area contributed by atoms with E-state index < -0.39 is 0 Å². The van der Waals surface area contributed by atoms with Crippen molar-refractivity contribution in [3.05, 3.63) is 35.4 Å².